The van der Waals surface area contributed by atoms with Crippen molar-refractivity contribution in [2.45, 2.75) is 18.6 Å². The Morgan fingerprint density at radius 2 is 1.93 bits per heavy atom. The minimum Gasteiger partial charge on any atom is -0.508 e. The molecule has 0 amide bonds. The van der Waals surface area contributed by atoms with E-state index in [0.29, 0.717) is 0 Å². The number of phenols is 1. The van der Waals surface area contributed by atoms with Crippen molar-refractivity contribution < 1.29 is 22.7 Å². The molecular formula is C9H9F4NO. The molecule has 0 aliphatic rings. The topological polar surface area (TPSA) is 46.2 Å². The van der Waals surface area contributed by atoms with E-state index >= 15 is 0 Å². The zero-order chi connectivity index (χ0) is 11.6. The third-order valence-corrected chi connectivity index (χ3v) is 1.90. The van der Waals surface area contributed by atoms with E-state index in [1.54, 1.807) is 0 Å². The number of nitrogens with two attached hydrogens (primary N) is 1. The molecule has 0 aliphatic heterocycles. The van der Waals surface area contributed by atoms with Crippen LogP contribution in [0.5, 0.6) is 5.75 Å². The molecule has 1 rings (SSSR count). The van der Waals surface area contributed by atoms with Crippen molar-refractivity contribution in [1.29, 1.82) is 0 Å². The first kappa shape index (κ1) is 11.8. The molecule has 1 aromatic rings. The van der Waals surface area contributed by atoms with Gasteiger partial charge in [0.05, 0.1) is 0 Å². The Bertz CT molecular complexity index is 350. The Morgan fingerprint density at radius 3 is 2.40 bits per heavy atom. The molecule has 1 atom stereocenters. The minimum absolute atomic E-state index is 0.169. The van der Waals surface area contributed by atoms with Crippen molar-refractivity contribution in [2.75, 3.05) is 0 Å². The lowest BCUT2D eigenvalue weighted by atomic mass is 10.1. The Morgan fingerprint density at radius 1 is 1.33 bits per heavy atom. The number of rotatable bonds is 2. The molecule has 0 aliphatic carbocycles. The smallest absolute Gasteiger partial charge is 0.403 e. The number of hydrogen-bond acceptors (Lipinski definition) is 2. The van der Waals surface area contributed by atoms with Crippen LogP contribution in [0.1, 0.15) is 5.56 Å². The summed E-state index contributed by atoms with van der Waals surface area (Å²) in [5.74, 6) is -1.23. The first-order chi connectivity index (χ1) is 6.80. The van der Waals surface area contributed by atoms with Gasteiger partial charge in [-0.2, -0.15) is 13.2 Å². The summed E-state index contributed by atoms with van der Waals surface area (Å²) in [6.45, 7) is 0. The summed E-state index contributed by atoms with van der Waals surface area (Å²) in [5, 5.41) is 8.84. The SMILES string of the molecule is NC(Cc1ccc(O)cc1F)C(F)(F)F. The summed E-state index contributed by atoms with van der Waals surface area (Å²) in [7, 11) is 0. The van der Waals surface area contributed by atoms with E-state index in [1.807, 2.05) is 0 Å². The predicted octanol–water partition coefficient (Wildman–Crippen LogP) is 1.96. The van der Waals surface area contributed by atoms with Gasteiger partial charge in [0.1, 0.15) is 17.6 Å². The highest BCUT2D eigenvalue weighted by Gasteiger charge is 2.36. The molecule has 0 saturated heterocycles. The van der Waals surface area contributed by atoms with E-state index in [2.05, 4.69) is 0 Å². The van der Waals surface area contributed by atoms with Crippen molar-refractivity contribution in [3.05, 3.63) is 29.6 Å². The van der Waals surface area contributed by atoms with Gasteiger partial charge in [-0.3, -0.25) is 0 Å². The van der Waals surface area contributed by atoms with Crippen LogP contribution in [-0.2, 0) is 6.42 Å². The Balaban J connectivity index is 2.82. The molecule has 6 heteroatoms. The molecule has 0 bridgehead atoms. The van der Waals surface area contributed by atoms with E-state index in [0.717, 1.165) is 18.2 Å². The Labute approximate surface area is 83.3 Å². The normalized spacial score (nSPS) is 13.9. The van der Waals surface area contributed by atoms with Gasteiger partial charge in [0, 0.05) is 6.07 Å². The first-order valence-corrected chi connectivity index (χ1v) is 4.10. The van der Waals surface area contributed by atoms with Crippen LogP contribution >= 0.6 is 0 Å². The molecule has 0 saturated carbocycles. The van der Waals surface area contributed by atoms with Crippen LogP contribution < -0.4 is 5.73 Å². The quantitative estimate of drug-likeness (QED) is 0.753. The molecule has 0 fully saturated rings. The molecule has 15 heavy (non-hydrogen) atoms. The molecule has 0 heterocycles. The summed E-state index contributed by atoms with van der Waals surface area (Å²) < 4.78 is 49.2. The zero-order valence-electron chi connectivity index (χ0n) is 7.55. The average molecular weight is 223 g/mol. The van der Waals surface area contributed by atoms with Crippen LogP contribution in [0.2, 0.25) is 0 Å². The predicted molar refractivity (Wildman–Crippen MR) is 45.8 cm³/mol. The van der Waals surface area contributed by atoms with Crippen LogP contribution in [0, 0.1) is 5.82 Å². The van der Waals surface area contributed by atoms with Gasteiger partial charge in [-0.05, 0) is 18.1 Å². The van der Waals surface area contributed by atoms with Gasteiger partial charge < -0.3 is 10.8 Å². The van der Waals surface area contributed by atoms with Gasteiger partial charge in [-0.15, -0.1) is 0 Å². The third kappa shape index (κ3) is 3.09. The molecule has 0 spiro atoms. The lowest BCUT2D eigenvalue weighted by Crippen LogP contribution is -2.39. The van der Waals surface area contributed by atoms with Crippen molar-refractivity contribution in [3.63, 3.8) is 0 Å². The van der Waals surface area contributed by atoms with Crippen molar-refractivity contribution in [1.82, 2.24) is 0 Å². The Kier molecular flexibility index (Phi) is 3.18. The Hall–Kier alpha value is -1.30. The van der Waals surface area contributed by atoms with E-state index in [9.17, 15) is 17.6 Å². The number of benzene rings is 1. The zero-order valence-corrected chi connectivity index (χ0v) is 7.55. The highest BCUT2D eigenvalue weighted by molar-refractivity contribution is 5.28. The summed E-state index contributed by atoms with van der Waals surface area (Å²) in [4.78, 5) is 0. The van der Waals surface area contributed by atoms with Gasteiger partial charge in [-0.1, -0.05) is 6.07 Å². The maximum Gasteiger partial charge on any atom is 0.403 e. The summed E-state index contributed by atoms with van der Waals surface area (Å²) >= 11 is 0. The van der Waals surface area contributed by atoms with Crippen molar-refractivity contribution >= 4 is 0 Å². The van der Waals surface area contributed by atoms with E-state index < -0.39 is 24.5 Å². The fourth-order valence-corrected chi connectivity index (χ4v) is 1.05. The number of hydrogen-bond donors (Lipinski definition) is 2. The van der Waals surface area contributed by atoms with Gasteiger partial charge in [-0.25, -0.2) is 4.39 Å². The van der Waals surface area contributed by atoms with Crippen LogP contribution in [0.25, 0.3) is 0 Å². The summed E-state index contributed by atoms with van der Waals surface area (Å²) in [6, 6.07) is 0.840. The largest absolute Gasteiger partial charge is 0.508 e. The highest BCUT2D eigenvalue weighted by Crippen LogP contribution is 2.23. The summed E-state index contributed by atoms with van der Waals surface area (Å²) in [6.07, 6.45) is -5.19. The second kappa shape index (κ2) is 4.06. The molecular weight excluding hydrogens is 214 g/mol. The highest BCUT2D eigenvalue weighted by atomic mass is 19.4. The second-order valence-corrected chi connectivity index (χ2v) is 3.13. The minimum atomic E-state index is -4.55. The first-order valence-electron chi connectivity index (χ1n) is 4.10. The number of halogens is 4. The van der Waals surface area contributed by atoms with E-state index in [4.69, 9.17) is 10.8 Å². The van der Waals surface area contributed by atoms with Crippen molar-refractivity contribution in [3.8, 4) is 5.75 Å². The maximum atomic E-state index is 13.0. The fourth-order valence-electron chi connectivity index (χ4n) is 1.05. The molecule has 1 unspecified atom stereocenters. The standard InChI is InChI=1S/C9H9F4NO/c10-7-4-6(15)2-1-5(7)3-8(14)9(11,12)13/h1-2,4,8,15H,3,14H2. The average Bonchev–Trinajstić information content (AvgIpc) is 2.08. The van der Waals surface area contributed by atoms with Crippen molar-refractivity contribution in [2.24, 2.45) is 5.73 Å². The lowest BCUT2D eigenvalue weighted by molar-refractivity contribution is -0.147. The molecule has 1 aromatic carbocycles. The number of phenolic OH excluding ortho intramolecular Hbond substituents is 1. The second-order valence-electron chi connectivity index (χ2n) is 3.13. The molecule has 3 N–H and O–H groups in total. The van der Waals surface area contributed by atoms with Crippen LogP contribution in [0.15, 0.2) is 18.2 Å². The number of alkyl halides is 3. The monoisotopic (exact) mass is 223 g/mol. The third-order valence-electron chi connectivity index (χ3n) is 1.90. The van der Waals surface area contributed by atoms with Gasteiger partial charge >= 0.3 is 6.18 Å². The van der Waals surface area contributed by atoms with Gasteiger partial charge in [0.25, 0.3) is 0 Å². The number of aromatic hydroxyl groups is 1. The van der Waals surface area contributed by atoms with Crippen LogP contribution in [0.3, 0.4) is 0 Å². The fraction of sp³-hybridized carbons (Fsp3) is 0.333. The van der Waals surface area contributed by atoms with Gasteiger partial charge in [0.2, 0.25) is 0 Å². The lowest BCUT2D eigenvalue weighted by Gasteiger charge is -2.15. The molecule has 2 nitrogen and oxygen atoms in total. The maximum absolute atomic E-state index is 13.0. The van der Waals surface area contributed by atoms with Crippen LogP contribution in [-0.4, -0.2) is 17.3 Å². The summed E-state index contributed by atoms with van der Waals surface area (Å²) in [5.41, 5.74) is 4.67. The van der Waals surface area contributed by atoms with E-state index in [-0.39, 0.29) is 11.3 Å². The van der Waals surface area contributed by atoms with Gasteiger partial charge in [0.15, 0.2) is 0 Å². The molecule has 0 radical (unpaired) electrons. The van der Waals surface area contributed by atoms with E-state index in [1.165, 1.54) is 0 Å². The van der Waals surface area contributed by atoms with Crippen LogP contribution in [0.4, 0.5) is 17.6 Å². The molecule has 0 aromatic heterocycles. The molecule has 84 valence electrons.